The monoisotopic (exact) mass is 290 g/mol. The number of carbonyl (C=O) groups is 2. The Morgan fingerprint density at radius 3 is 2.62 bits per heavy atom. The molecule has 0 unspecified atom stereocenters. The molecule has 0 atom stereocenters. The van der Waals surface area contributed by atoms with Crippen LogP contribution in [0.4, 0.5) is 4.79 Å². The Bertz CT molecular complexity index is 561. The van der Waals surface area contributed by atoms with Gasteiger partial charge in [0.15, 0.2) is 0 Å². The molecule has 1 aromatic rings. The number of nitrogens with zero attached hydrogens (tertiary/aromatic N) is 1. The maximum atomic E-state index is 12.2. The minimum atomic E-state index is -0.938. The molecule has 5 nitrogen and oxygen atoms in total. The Morgan fingerprint density at radius 1 is 1.29 bits per heavy atom. The molecule has 0 aliphatic carbocycles. The van der Waals surface area contributed by atoms with Crippen LogP contribution in [-0.4, -0.2) is 35.1 Å². The summed E-state index contributed by atoms with van der Waals surface area (Å²) >= 11 is 0. The lowest BCUT2D eigenvalue weighted by molar-refractivity contribution is 0.0696. The number of aromatic carboxylic acids is 1. The number of amides is 2. The van der Waals surface area contributed by atoms with E-state index in [4.69, 9.17) is 5.11 Å². The predicted octanol–water partition coefficient (Wildman–Crippen LogP) is 2.50. The maximum absolute atomic E-state index is 12.2. The molecule has 1 aliphatic rings. The second kappa shape index (κ2) is 5.76. The average Bonchev–Trinajstić information content (AvgIpc) is 2.42. The van der Waals surface area contributed by atoms with Crippen molar-refractivity contribution in [3.05, 3.63) is 34.9 Å². The van der Waals surface area contributed by atoms with Gasteiger partial charge in [0.2, 0.25) is 0 Å². The zero-order valence-corrected chi connectivity index (χ0v) is 12.8. The van der Waals surface area contributed by atoms with E-state index in [1.165, 1.54) is 0 Å². The number of carbonyl (C=O) groups excluding carboxylic acids is 1. The topological polar surface area (TPSA) is 69.6 Å². The summed E-state index contributed by atoms with van der Waals surface area (Å²) < 4.78 is 0. The van der Waals surface area contributed by atoms with Crippen LogP contribution in [0.1, 0.15) is 42.3 Å². The Hall–Kier alpha value is -2.04. The number of urea groups is 1. The molecule has 2 rings (SSSR count). The van der Waals surface area contributed by atoms with Crippen molar-refractivity contribution in [1.29, 1.82) is 0 Å². The first-order valence-corrected chi connectivity index (χ1v) is 7.14. The number of nitrogens with one attached hydrogen (secondary N) is 1. The van der Waals surface area contributed by atoms with E-state index < -0.39 is 5.97 Å². The largest absolute Gasteiger partial charge is 0.478 e. The van der Waals surface area contributed by atoms with E-state index in [-0.39, 0.29) is 17.0 Å². The number of benzene rings is 1. The first kappa shape index (κ1) is 15.4. The minimum absolute atomic E-state index is 0.0415. The lowest BCUT2D eigenvalue weighted by atomic mass is 9.96. The van der Waals surface area contributed by atoms with Gasteiger partial charge in [-0.15, -0.1) is 0 Å². The molecule has 1 aliphatic heterocycles. The first-order valence-electron chi connectivity index (χ1n) is 7.14. The van der Waals surface area contributed by atoms with Gasteiger partial charge in [-0.3, -0.25) is 0 Å². The highest BCUT2D eigenvalue weighted by Crippen LogP contribution is 2.21. The summed E-state index contributed by atoms with van der Waals surface area (Å²) in [6, 6.07) is 5.05. The van der Waals surface area contributed by atoms with Gasteiger partial charge >= 0.3 is 12.0 Å². The third-order valence-electron chi connectivity index (χ3n) is 3.52. The van der Waals surface area contributed by atoms with Crippen LogP contribution in [0, 0.1) is 5.41 Å². The van der Waals surface area contributed by atoms with E-state index in [0.717, 1.165) is 17.5 Å². The van der Waals surface area contributed by atoms with Crippen LogP contribution in [-0.2, 0) is 13.0 Å². The van der Waals surface area contributed by atoms with Crippen molar-refractivity contribution in [3.8, 4) is 0 Å². The van der Waals surface area contributed by atoms with Crippen LogP contribution in [0.25, 0.3) is 0 Å². The van der Waals surface area contributed by atoms with Gasteiger partial charge in [-0.05, 0) is 35.1 Å². The number of carboxylic acids is 1. The molecular weight excluding hydrogens is 268 g/mol. The van der Waals surface area contributed by atoms with Gasteiger partial charge < -0.3 is 15.3 Å². The standard InChI is InChI=1S/C16H22N2O3/c1-16(2,3)10-17-15(21)18-7-6-11-4-5-12(14(19)20)8-13(11)9-18/h4-5,8H,6-7,9-10H2,1-3H3,(H,17,21)(H,19,20). The molecule has 2 amide bonds. The normalized spacial score (nSPS) is 14.5. The van der Waals surface area contributed by atoms with Crippen LogP contribution in [0.2, 0.25) is 0 Å². The molecule has 0 spiro atoms. The van der Waals surface area contributed by atoms with Crippen LogP contribution in [0.5, 0.6) is 0 Å². The summed E-state index contributed by atoms with van der Waals surface area (Å²) in [6.07, 6.45) is 0.762. The van der Waals surface area contributed by atoms with E-state index in [2.05, 4.69) is 26.1 Å². The fourth-order valence-electron chi connectivity index (χ4n) is 2.32. The van der Waals surface area contributed by atoms with Gasteiger partial charge in [0.1, 0.15) is 0 Å². The Balaban J connectivity index is 2.06. The number of carboxylic acid groups (broad SMARTS) is 1. The molecule has 0 saturated carbocycles. The van der Waals surface area contributed by atoms with Crippen molar-refractivity contribution in [2.45, 2.75) is 33.7 Å². The second-order valence-corrected chi connectivity index (χ2v) is 6.68. The summed E-state index contributed by atoms with van der Waals surface area (Å²) in [6.45, 7) is 7.94. The van der Waals surface area contributed by atoms with Gasteiger partial charge in [0.25, 0.3) is 0 Å². The molecule has 5 heteroatoms. The zero-order chi connectivity index (χ0) is 15.6. The third-order valence-corrected chi connectivity index (χ3v) is 3.52. The van der Waals surface area contributed by atoms with E-state index in [1.807, 2.05) is 6.07 Å². The number of hydrogen-bond acceptors (Lipinski definition) is 2. The predicted molar refractivity (Wildman–Crippen MR) is 80.4 cm³/mol. The van der Waals surface area contributed by atoms with Gasteiger partial charge in [0, 0.05) is 19.6 Å². The van der Waals surface area contributed by atoms with Crippen molar-refractivity contribution < 1.29 is 14.7 Å². The van der Waals surface area contributed by atoms with Crippen molar-refractivity contribution in [2.24, 2.45) is 5.41 Å². The van der Waals surface area contributed by atoms with Crippen molar-refractivity contribution in [3.63, 3.8) is 0 Å². The summed E-state index contributed by atoms with van der Waals surface area (Å²) in [5, 5.41) is 12.0. The van der Waals surface area contributed by atoms with Crippen LogP contribution in [0.15, 0.2) is 18.2 Å². The molecule has 1 aromatic carbocycles. The molecule has 2 N–H and O–H groups in total. The fraction of sp³-hybridized carbons (Fsp3) is 0.500. The van der Waals surface area contributed by atoms with Crippen LogP contribution >= 0.6 is 0 Å². The highest BCUT2D eigenvalue weighted by molar-refractivity contribution is 5.88. The molecular formula is C16H22N2O3. The summed E-state index contributed by atoms with van der Waals surface area (Å²) in [4.78, 5) is 24.9. The number of rotatable bonds is 2. The summed E-state index contributed by atoms with van der Waals surface area (Å²) in [7, 11) is 0. The second-order valence-electron chi connectivity index (χ2n) is 6.68. The Morgan fingerprint density at radius 2 is 2.00 bits per heavy atom. The maximum Gasteiger partial charge on any atom is 0.335 e. The van der Waals surface area contributed by atoms with Gasteiger partial charge in [-0.1, -0.05) is 26.8 Å². The molecule has 1 heterocycles. The van der Waals surface area contributed by atoms with Crippen molar-refractivity contribution in [2.75, 3.05) is 13.1 Å². The lowest BCUT2D eigenvalue weighted by Crippen LogP contribution is -2.45. The molecule has 0 aromatic heterocycles. The first-order chi connectivity index (χ1) is 9.76. The van der Waals surface area contributed by atoms with Crippen LogP contribution in [0.3, 0.4) is 0 Å². The highest BCUT2D eigenvalue weighted by Gasteiger charge is 2.22. The third kappa shape index (κ3) is 3.97. The van der Waals surface area contributed by atoms with Crippen molar-refractivity contribution in [1.82, 2.24) is 10.2 Å². The van der Waals surface area contributed by atoms with Gasteiger partial charge in [-0.2, -0.15) is 0 Å². The molecule has 0 fully saturated rings. The molecule has 21 heavy (non-hydrogen) atoms. The van der Waals surface area contributed by atoms with E-state index >= 15 is 0 Å². The molecule has 0 bridgehead atoms. The Kier molecular flexibility index (Phi) is 4.21. The summed E-state index contributed by atoms with van der Waals surface area (Å²) in [5.41, 5.74) is 2.36. The smallest absolute Gasteiger partial charge is 0.335 e. The minimum Gasteiger partial charge on any atom is -0.478 e. The van der Waals surface area contributed by atoms with E-state index in [9.17, 15) is 9.59 Å². The number of hydrogen-bond donors (Lipinski definition) is 2. The fourth-order valence-corrected chi connectivity index (χ4v) is 2.32. The van der Waals surface area contributed by atoms with Gasteiger partial charge in [-0.25, -0.2) is 9.59 Å². The quantitative estimate of drug-likeness (QED) is 0.879. The average molecular weight is 290 g/mol. The van der Waals surface area contributed by atoms with E-state index in [1.54, 1.807) is 17.0 Å². The van der Waals surface area contributed by atoms with Gasteiger partial charge in [0.05, 0.1) is 5.56 Å². The molecule has 0 radical (unpaired) electrons. The molecule has 114 valence electrons. The Labute approximate surface area is 125 Å². The number of fused-ring (bicyclic) bond motifs is 1. The van der Waals surface area contributed by atoms with Crippen LogP contribution < -0.4 is 5.32 Å². The summed E-state index contributed by atoms with van der Waals surface area (Å²) in [5.74, 6) is -0.938. The van der Waals surface area contributed by atoms with E-state index in [0.29, 0.717) is 19.6 Å². The van der Waals surface area contributed by atoms with Crippen molar-refractivity contribution >= 4 is 12.0 Å². The highest BCUT2D eigenvalue weighted by atomic mass is 16.4. The molecule has 0 saturated heterocycles. The zero-order valence-electron chi connectivity index (χ0n) is 12.8. The SMILES string of the molecule is CC(C)(C)CNC(=O)N1CCc2ccc(C(=O)O)cc2C1. The lowest BCUT2D eigenvalue weighted by Gasteiger charge is -2.30.